The summed E-state index contributed by atoms with van der Waals surface area (Å²) in [5.41, 5.74) is 0.888. The molecule has 2 aromatic rings. The monoisotopic (exact) mass is 389 g/mol. The van der Waals surface area contributed by atoms with Crippen LogP contribution in [0.25, 0.3) is 10.8 Å². The third kappa shape index (κ3) is 5.47. The number of benzene rings is 2. The van der Waals surface area contributed by atoms with Crippen LogP contribution in [0.2, 0.25) is 0 Å². The lowest BCUT2D eigenvalue weighted by atomic mass is 9.99. The predicted octanol–water partition coefficient (Wildman–Crippen LogP) is 2.89. The number of fused-ring (bicyclic) bond motifs is 1. The van der Waals surface area contributed by atoms with Crippen LogP contribution in [0.5, 0.6) is 5.75 Å². The summed E-state index contributed by atoms with van der Waals surface area (Å²) in [5.74, 6) is -0.367. The van der Waals surface area contributed by atoms with E-state index in [1.165, 1.54) is 14.0 Å². The van der Waals surface area contributed by atoms with Gasteiger partial charge in [-0.3, -0.25) is 9.59 Å². The maximum atomic E-state index is 12.6. The summed E-state index contributed by atoms with van der Waals surface area (Å²) in [6, 6.07) is 10.8. The Hall–Kier alpha value is -2.54. The number of nitrogens with one attached hydrogen (secondary N) is 1. The summed E-state index contributed by atoms with van der Waals surface area (Å²) in [5, 5.41) is 4.47. The van der Waals surface area contributed by atoms with Crippen molar-refractivity contribution in [3.63, 3.8) is 0 Å². The average Bonchev–Trinajstić information content (AvgIpc) is 2.68. The van der Waals surface area contributed by atoms with Gasteiger partial charge in [-0.25, -0.2) is 4.79 Å². The van der Waals surface area contributed by atoms with Crippen molar-refractivity contribution >= 4 is 39.5 Å². The molecule has 0 fully saturated rings. The van der Waals surface area contributed by atoms with Crippen molar-refractivity contribution < 1.29 is 23.9 Å². The SMILES string of the molecule is COC(=O)[C@@H](CSC(=O)C(C)c1ccc2cc(OC)ccc2c1)NC(C)=O. The summed E-state index contributed by atoms with van der Waals surface area (Å²) in [6.45, 7) is 3.14. The van der Waals surface area contributed by atoms with Crippen LogP contribution in [0.15, 0.2) is 36.4 Å². The minimum absolute atomic E-state index is 0.0814. The van der Waals surface area contributed by atoms with E-state index < -0.39 is 12.0 Å². The number of carbonyl (C=O) groups excluding carboxylic acids is 3. The van der Waals surface area contributed by atoms with Crippen LogP contribution in [0.1, 0.15) is 25.3 Å². The molecule has 0 spiro atoms. The molecule has 2 rings (SSSR count). The fourth-order valence-electron chi connectivity index (χ4n) is 2.62. The summed E-state index contributed by atoms with van der Waals surface area (Å²) in [4.78, 5) is 35.5. The highest BCUT2D eigenvalue weighted by atomic mass is 32.2. The van der Waals surface area contributed by atoms with Gasteiger partial charge in [0.1, 0.15) is 11.8 Å². The number of ether oxygens (including phenoxy) is 2. The van der Waals surface area contributed by atoms with Crippen LogP contribution < -0.4 is 10.1 Å². The highest BCUT2D eigenvalue weighted by Crippen LogP contribution is 2.28. The standard InChI is InChI=1S/C20H23NO5S/c1-12(20(24)27-11-18(19(23)26-4)21-13(2)22)14-5-6-16-10-17(25-3)8-7-15(16)9-14/h5-10,12,18H,11H2,1-4H3,(H,21,22)/t12?,18-/m1/s1. The van der Waals surface area contributed by atoms with E-state index in [1.54, 1.807) is 7.11 Å². The van der Waals surface area contributed by atoms with Gasteiger partial charge in [-0.1, -0.05) is 43.0 Å². The number of thioether (sulfide) groups is 1. The van der Waals surface area contributed by atoms with E-state index in [0.29, 0.717) is 0 Å². The maximum Gasteiger partial charge on any atom is 0.329 e. The topological polar surface area (TPSA) is 81.7 Å². The zero-order chi connectivity index (χ0) is 20.0. The van der Waals surface area contributed by atoms with Gasteiger partial charge < -0.3 is 14.8 Å². The Morgan fingerprint density at radius 1 is 1.07 bits per heavy atom. The van der Waals surface area contributed by atoms with Crippen molar-refractivity contribution in [3.05, 3.63) is 42.0 Å². The van der Waals surface area contributed by atoms with E-state index in [1.807, 2.05) is 43.3 Å². The predicted molar refractivity (Wildman–Crippen MR) is 106 cm³/mol. The summed E-state index contributed by atoms with van der Waals surface area (Å²) < 4.78 is 9.89. The van der Waals surface area contributed by atoms with Gasteiger partial charge in [0, 0.05) is 12.7 Å². The lowest BCUT2D eigenvalue weighted by molar-refractivity contribution is -0.144. The Morgan fingerprint density at radius 3 is 2.37 bits per heavy atom. The first-order valence-electron chi connectivity index (χ1n) is 8.45. The minimum Gasteiger partial charge on any atom is -0.497 e. The summed E-state index contributed by atoms with van der Waals surface area (Å²) in [7, 11) is 2.87. The maximum absolute atomic E-state index is 12.6. The zero-order valence-corrected chi connectivity index (χ0v) is 16.6. The molecule has 1 amide bonds. The van der Waals surface area contributed by atoms with Gasteiger partial charge in [0.05, 0.1) is 20.1 Å². The number of esters is 1. The molecule has 0 saturated carbocycles. The molecule has 0 saturated heterocycles. The Morgan fingerprint density at radius 2 is 1.74 bits per heavy atom. The Bertz CT molecular complexity index is 851. The fraction of sp³-hybridized carbons (Fsp3) is 0.350. The molecule has 0 aliphatic carbocycles. The van der Waals surface area contributed by atoms with E-state index in [9.17, 15) is 14.4 Å². The number of hydrogen-bond acceptors (Lipinski definition) is 6. The van der Waals surface area contributed by atoms with Gasteiger partial charge in [0.25, 0.3) is 0 Å². The molecule has 0 bridgehead atoms. The van der Waals surface area contributed by atoms with Crippen molar-refractivity contribution in [3.8, 4) is 5.75 Å². The highest BCUT2D eigenvalue weighted by Gasteiger charge is 2.24. The van der Waals surface area contributed by atoms with Crippen molar-refractivity contribution in [2.45, 2.75) is 25.8 Å². The smallest absolute Gasteiger partial charge is 0.329 e. The van der Waals surface area contributed by atoms with Gasteiger partial charge in [-0.15, -0.1) is 0 Å². The molecular formula is C20H23NO5S. The van der Waals surface area contributed by atoms with Gasteiger partial charge in [0.15, 0.2) is 5.12 Å². The summed E-state index contributed by atoms with van der Waals surface area (Å²) >= 11 is 1.01. The van der Waals surface area contributed by atoms with Crippen LogP contribution in [-0.2, 0) is 19.1 Å². The number of hydrogen-bond donors (Lipinski definition) is 1. The molecule has 6 nitrogen and oxygen atoms in total. The molecule has 2 aromatic carbocycles. The highest BCUT2D eigenvalue weighted by molar-refractivity contribution is 8.13. The quantitative estimate of drug-likeness (QED) is 0.734. The second-order valence-electron chi connectivity index (χ2n) is 6.10. The lowest BCUT2D eigenvalue weighted by Gasteiger charge is -2.16. The second kappa shape index (κ2) is 9.41. The Balaban J connectivity index is 2.08. The van der Waals surface area contributed by atoms with Gasteiger partial charge in [0.2, 0.25) is 5.91 Å². The first-order valence-corrected chi connectivity index (χ1v) is 9.43. The van der Waals surface area contributed by atoms with E-state index >= 15 is 0 Å². The molecule has 0 heterocycles. The van der Waals surface area contributed by atoms with Crippen LogP contribution >= 0.6 is 11.8 Å². The van der Waals surface area contributed by atoms with Crippen molar-refractivity contribution in [1.82, 2.24) is 5.32 Å². The van der Waals surface area contributed by atoms with Gasteiger partial charge >= 0.3 is 5.97 Å². The van der Waals surface area contributed by atoms with E-state index in [4.69, 9.17) is 4.74 Å². The normalized spacial score (nSPS) is 12.9. The number of methoxy groups -OCH3 is 2. The van der Waals surface area contributed by atoms with Crippen molar-refractivity contribution in [2.75, 3.05) is 20.0 Å². The average molecular weight is 389 g/mol. The van der Waals surface area contributed by atoms with Crippen LogP contribution in [0, 0.1) is 0 Å². The first-order chi connectivity index (χ1) is 12.8. The van der Waals surface area contributed by atoms with E-state index in [2.05, 4.69) is 10.1 Å². The molecule has 27 heavy (non-hydrogen) atoms. The Labute approximate surface area is 162 Å². The van der Waals surface area contributed by atoms with Crippen molar-refractivity contribution in [2.24, 2.45) is 0 Å². The second-order valence-corrected chi connectivity index (χ2v) is 7.12. The van der Waals surface area contributed by atoms with Crippen LogP contribution in [0.4, 0.5) is 0 Å². The zero-order valence-electron chi connectivity index (χ0n) is 15.8. The lowest BCUT2D eigenvalue weighted by Crippen LogP contribution is -2.42. The van der Waals surface area contributed by atoms with Gasteiger partial charge in [-0.05, 0) is 28.5 Å². The molecule has 7 heteroatoms. The molecule has 1 unspecified atom stereocenters. The van der Waals surface area contributed by atoms with E-state index in [0.717, 1.165) is 33.8 Å². The molecule has 0 aliphatic rings. The number of amides is 1. The third-order valence-corrected chi connectivity index (χ3v) is 5.32. The fourth-order valence-corrected chi connectivity index (χ4v) is 3.56. The number of rotatable bonds is 7. The van der Waals surface area contributed by atoms with Gasteiger partial charge in [-0.2, -0.15) is 0 Å². The molecular weight excluding hydrogens is 366 g/mol. The Kier molecular flexibility index (Phi) is 7.24. The molecule has 0 aromatic heterocycles. The first kappa shape index (κ1) is 20.8. The largest absolute Gasteiger partial charge is 0.497 e. The molecule has 1 N–H and O–H groups in total. The minimum atomic E-state index is -0.849. The molecule has 0 aliphatic heterocycles. The summed E-state index contributed by atoms with van der Waals surface area (Å²) in [6.07, 6.45) is 0. The van der Waals surface area contributed by atoms with E-state index in [-0.39, 0.29) is 22.7 Å². The molecule has 144 valence electrons. The molecule has 0 radical (unpaired) electrons. The van der Waals surface area contributed by atoms with Crippen molar-refractivity contribution in [1.29, 1.82) is 0 Å². The number of carbonyl (C=O) groups is 3. The van der Waals surface area contributed by atoms with Crippen LogP contribution in [0.3, 0.4) is 0 Å². The molecule has 2 atom stereocenters. The third-order valence-electron chi connectivity index (χ3n) is 4.18. The van der Waals surface area contributed by atoms with Crippen LogP contribution in [-0.4, -0.2) is 43.0 Å².